The van der Waals surface area contributed by atoms with Gasteiger partial charge in [-0.2, -0.15) is 0 Å². The number of halogens is 1. The van der Waals surface area contributed by atoms with Gasteiger partial charge >= 0.3 is 0 Å². The second-order valence-corrected chi connectivity index (χ2v) is 3.49. The van der Waals surface area contributed by atoms with Crippen molar-refractivity contribution in [3.05, 3.63) is 35.6 Å². The molecule has 0 spiro atoms. The van der Waals surface area contributed by atoms with Crippen LogP contribution in [0.3, 0.4) is 0 Å². The Morgan fingerprint density at radius 3 is 2.71 bits per heavy atom. The molecule has 0 N–H and O–H groups in total. The van der Waals surface area contributed by atoms with Gasteiger partial charge in [0.05, 0.1) is 0 Å². The highest BCUT2D eigenvalue weighted by Crippen LogP contribution is 2.26. The molecule has 0 saturated heterocycles. The van der Waals surface area contributed by atoms with Crippen molar-refractivity contribution in [3.8, 4) is 0 Å². The van der Waals surface area contributed by atoms with E-state index >= 15 is 0 Å². The average molecular weight is 193 g/mol. The van der Waals surface area contributed by atoms with Crippen LogP contribution < -0.4 is 0 Å². The molecule has 1 aromatic carbocycles. The fourth-order valence-corrected chi connectivity index (χ4v) is 1.07. The standard InChI is InChI=1S/C11H12FNO/c12-11-5-3-10(4-6-11)8-14-13-7-9-1-2-9/h3-7,9H,1-2,8H2. The molecule has 0 radical (unpaired) electrons. The molecule has 0 bridgehead atoms. The molecule has 2 nitrogen and oxygen atoms in total. The van der Waals surface area contributed by atoms with Crippen LogP contribution in [-0.4, -0.2) is 6.21 Å². The van der Waals surface area contributed by atoms with Crippen LogP contribution in [0.1, 0.15) is 18.4 Å². The molecular formula is C11H12FNO. The summed E-state index contributed by atoms with van der Waals surface area (Å²) in [6, 6.07) is 6.23. The van der Waals surface area contributed by atoms with E-state index in [9.17, 15) is 4.39 Å². The van der Waals surface area contributed by atoms with Crippen LogP contribution in [0.15, 0.2) is 29.4 Å². The first-order valence-corrected chi connectivity index (χ1v) is 4.74. The molecule has 1 aliphatic carbocycles. The zero-order valence-corrected chi connectivity index (χ0v) is 7.82. The van der Waals surface area contributed by atoms with Gasteiger partial charge in [-0.25, -0.2) is 4.39 Å². The minimum absolute atomic E-state index is 0.227. The first-order valence-electron chi connectivity index (χ1n) is 4.74. The molecule has 0 aliphatic heterocycles. The zero-order chi connectivity index (χ0) is 9.80. The Morgan fingerprint density at radius 2 is 2.07 bits per heavy atom. The van der Waals surface area contributed by atoms with Crippen LogP contribution in [0.5, 0.6) is 0 Å². The van der Waals surface area contributed by atoms with Crippen molar-refractivity contribution >= 4 is 6.21 Å². The van der Waals surface area contributed by atoms with Gasteiger partial charge in [0, 0.05) is 6.21 Å². The maximum Gasteiger partial charge on any atom is 0.142 e. The second-order valence-electron chi connectivity index (χ2n) is 3.49. The maximum absolute atomic E-state index is 12.5. The van der Waals surface area contributed by atoms with Crippen molar-refractivity contribution in [1.29, 1.82) is 0 Å². The highest BCUT2D eigenvalue weighted by Gasteiger charge is 2.18. The van der Waals surface area contributed by atoms with E-state index in [0.717, 1.165) is 5.56 Å². The van der Waals surface area contributed by atoms with Crippen LogP contribution in [0.2, 0.25) is 0 Å². The van der Waals surface area contributed by atoms with Crippen molar-refractivity contribution in [2.45, 2.75) is 19.4 Å². The van der Waals surface area contributed by atoms with E-state index < -0.39 is 0 Å². The Hall–Kier alpha value is -1.38. The Labute approximate surface area is 82.4 Å². The third-order valence-corrected chi connectivity index (χ3v) is 2.11. The number of hydrogen-bond donors (Lipinski definition) is 0. The summed E-state index contributed by atoms with van der Waals surface area (Å²) in [4.78, 5) is 5.06. The Morgan fingerprint density at radius 1 is 1.36 bits per heavy atom. The molecule has 1 fully saturated rings. The molecule has 3 heteroatoms. The van der Waals surface area contributed by atoms with E-state index in [1.54, 1.807) is 12.1 Å². The van der Waals surface area contributed by atoms with E-state index in [4.69, 9.17) is 4.84 Å². The van der Waals surface area contributed by atoms with E-state index in [1.807, 2.05) is 6.21 Å². The molecule has 74 valence electrons. The van der Waals surface area contributed by atoms with Gasteiger partial charge in [-0.15, -0.1) is 0 Å². The maximum atomic E-state index is 12.5. The van der Waals surface area contributed by atoms with Gasteiger partial charge in [0.2, 0.25) is 0 Å². The minimum atomic E-state index is -0.227. The van der Waals surface area contributed by atoms with Gasteiger partial charge in [0.25, 0.3) is 0 Å². The van der Waals surface area contributed by atoms with Crippen molar-refractivity contribution in [2.24, 2.45) is 11.1 Å². The van der Waals surface area contributed by atoms with Crippen LogP contribution in [0.25, 0.3) is 0 Å². The van der Waals surface area contributed by atoms with E-state index in [0.29, 0.717) is 12.5 Å². The monoisotopic (exact) mass is 193 g/mol. The highest BCUT2D eigenvalue weighted by atomic mass is 19.1. The molecule has 1 aromatic rings. The van der Waals surface area contributed by atoms with Crippen molar-refractivity contribution < 1.29 is 9.23 Å². The SMILES string of the molecule is Fc1ccc(CON=CC2CC2)cc1. The molecule has 0 aromatic heterocycles. The van der Waals surface area contributed by atoms with Gasteiger partial charge in [-0.05, 0) is 36.5 Å². The molecule has 0 heterocycles. The van der Waals surface area contributed by atoms with E-state index in [2.05, 4.69) is 5.16 Å². The summed E-state index contributed by atoms with van der Waals surface area (Å²) in [6.07, 6.45) is 4.29. The largest absolute Gasteiger partial charge is 0.391 e. The van der Waals surface area contributed by atoms with Gasteiger partial charge in [-0.1, -0.05) is 17.3 Å². The molecule has 2 rings (SSSR count). The Kier molecular flexibility index (Phi) is 2.77. The van der Waals surface area contributed by atoms with Crippen LogP contribution in [0, 0.1) is 11.7 Å². The van der Waals surface area contributed by atoms with Crippen molar-refractivity contribution in [1.82, 2.24) is 0 Å². The summed E-state index contributed by atoms with van der Waals surface area (Å²) in [6.45, 7) is 0.406. The summed E-state index contributed by atoms with van der Waals surface area (Å²) in [5, 5.41) is 3.83. The summed E-state index contributed by atoms with van der Waals surface area (Å²) in [5.41, 5.74) is 0.930. The molecule has 0 atom stereocenters. The number of oxime groups is 1. The first kappa shape index (κ1) is 9.19. The lowest BCUT2D eigenvalue weighted by Gasteiger charge is -1.98. The molecule has 14 heavy (non-hydrogen) atoms. The predicted molar refractivity (Wildman–Crippen MR) is 52.4 cm³/mol. The minimum Gasteiger partial charge on any atom is -0.391 e. The normalized spacial score (nSPS) is 16.1. The Balaban J connectivity index is 1.76. The number of hydrogen-bond acceptors (Lipinski definition) is 2. The Bertz CT molecular complexity index is 317. The molecule has 0 amide bonds. The van der Waals surface area contributed by atoms with E-state index in [-0.39, 0.29) is 5.82 Å². The fourth-order valence-electron chi connectivity index (χ4n) is 1.07. The molecular weight excluding hydrogens is 181 g/mol. The summed E-state index contributed by atoms with van der Waals surface area (Å²) < 4.78 is 12.5. The zero-order valence-electron chi connectivity index (χ0n) is 7.82. The number of benzene rings is 1. The van der Waals surface area contributed by atoms with Gasteiger partial charge in [0.1, 0.15) is 12.4 Å². The van der Waals surface area contributed by atoms with E-state index in [1.165, 1.54) is 25.0 Å². The molecule has 0 unspecified atom stereocenters. The summed E-state index contributed by atoms with van der Waals surface area (Å²) >= 11 is 0. The third-order valence-electron chi connectivity index (χ3n) is 2.11. The molecule has 1 aliphatic rings. The van der Waals surface area contributed by atoms with Crippen LogP contribution >= 0.6 is 0 Å². The lowest BCUT2D eigenvalue weighted by atomic mass is 10.2. The lowest BCUT2D eigenvalue weighted by molar-refractivity contribution is 0.131. The second kappa shape index (κ2) is 4.22. The van der Waals surface area contributed by atoms with Gasteiger partial charge < -0.3 is 4.84 Å². The average Bonchev–Trinajstić information content (AvgIpc) is 2.99. The number of rotatable bonds is 4. The van der Waals surface area contributed by atoms with Crippen molar-refractivity contribution in [3.63, 3.8) is 0 Å². The fraction of sp³-hybridized carbons (Fsp3) is 0.364. The van der Waals surface area contributed by atoms with Crippen LogP contribution in [-0.2, 0) is 11.4 Å². The van der Waals surface area contributed by atoms with Gasteiger partial charge in [-0.3, -0.25) is 0 Å². The first-order chi connectivity index (χ1) is 6.84. The smallest absolute Gasteiger partial charge is 0.142 e. The summed E-state index contributed by atoms with van der Waals surface area (Å²) in [7, 11) is 0. The predicted octanol–water partition coefficient (Wildman–Crippen LogP) is 2.74. The summed E-state index contributed by atoms with van der Waals surface area (Å²) in [5.74, 6) is 0.401. The molecule has 1 saturated carbocycles. The van der Waals surface area contributed by atoms with Crippen molar-refractivity contribution in [2.75, 3.05) is 0 Å². The van der Waals surface area contributed by atoms with Gasteiger partial charge in [0.15, 0.2) is 0 Å². The quantitative estimate of drug-likeness (QED) is 0.532. The van der Waals surface area contributed by atoms with Crippen LogP contribution in [0.4, 0.5) is 4.39 Å². The topological polar surface area (TPSA) is 21.6 Å². The number of nitrogens with zero attached hydrogens (tertiary/aromatic N) is 1. The third kappa shape index (κ3) is 2.83. The lowest BCUT2D eigenvalue weighted by Crippen LogP contribution is -1.88. The highest BCUT2D eigenvalue weighted by molar-refractivity contribution is 5.62.